The average molecular weight is 1010 g/mol. The zero-order chi connectivity index (χ0) is 49.4. The molecule has 11 nitrogen and oxygen atoms in total. The lowest BCUT2D eigenvalue weighted by atomic mass is 9.93. The predicted molar refractivity (Wildman–Crippen MR) is 237 cm³/mol. The number of halogens is 11. The maximum absolute atomic E-state index is 15.1. The third-order valence-electron chi connectivity index (χ3n) is 10.6. The first kappa shape index (κ1) is 51.2. The average Bonchev–Trinajstić information content (AvgIpc) is 3.90. The topological polar surface area (TPSA) is 127 Å². The van der Waals surface area contributed by atoms with Gasteiger partial charge in [-0.15, -0.1) is 11.8 Å². The second-order valence-electron chi connectivity index (χ2n) is 16.0. The number of thioether (sulfide) groups is 1. The number of pyridine rings is 1. The minimum atomic E-state index is -5.15. The Hall–Kier alpha value is -5.18. The van der Waals surface area contributed by atoms with Crippen LogP contribution in [0.3, 0.4) is 0 Å². The molecule has 0 saturated carbocycles. The van der Waals surface area contributed by atoms with Crippen LogP contribution in [0.4, 0.5) is 54.5 Å². The van der Waals surface area contributed by atoms with Crippen LogP contribution in [0.5, 0.6) is 0 Å². The van der Waals surface area contributed by atoms with Gasteiger partial charge in [-0.3, -0.25) is 14.2 Å². The highest BCUT2D eigenvalue weighted by Gasteiger charge is 2.50. The molecule has 0 radical (unpaired) electrons. The first-order valence-electron chi connectivity index (χ1n) is 20.2. The van der Waals surface area contributed by atoms with Crippen LogP contribution in [-0.4, -0.2) is 85.0 Å². The molecule has 1 aliphatic carbocycles. The molecule has 360 valence electrons. The number of anilines is 1. The minimum Gasteiger partial charge on any atom is -0.346 e. The van der Waals surface area contributed by atoms with Gasteiger partial charge in [-0.1, -0.05) is 23.6 Å². The van der Waals surface area contributed by atoms with Gasteiger partial charge < -0.3 is 16.0 Å². The third-order valence-corrected chi connectivity index (χ3v) is 12.8. The number of benzene rings is 2. The number of urea groups is 1. The molecule has 3 N–H and O–H groups in total. The van der Waals surface area contributed by atoms with Crippen molar-refractivity contribution in [2.24, 2.45) is 5.73 Å². The first-order valence-corrected chi connectivity index (χ1v) is 23.0. The van der Waals surface area contributed by atoms with E-state index < -0.39 is 102 Å². The molecule has 0 bridgehead atoms. The molecule has 1 unspecified atom stereocenters. The van der Waals surface area contributed by atoms with E-state index in [9.17, 15) is 44.7 Å². The lowest BCUT2D eigenvalue weighted by molar-refractivity contribution is -0.142. The Morgan fingerprint density at radius 2 is 1.67 bits per heavy atom. The second kappa shape index (κ2) is 19.8. The van der Waals surface area contributed by atoms with E-state index in [1.807, 2.05) is 13.8 Å². The standard InChI is InChI=1S/C43H42ClF10N9O2S2/c1-40(2,66-4)13-11-26-7-8-27(28-9-10-30(44)33-35(28)62(22-42(49,50)51)59-38(33)63(67-5)39(65)60(3)16-6-15-55)34(56-26)31(19-23-17-24(45)20-25(46)18-23)57-32(64)21-61-37-29(12-14-41(37,47)48)36(58-61)43(52,53)54/h7-10,17-18,20,31H,6,12,14-16,19,21-22,55H2,1-5H3,(H,57,64). The Bertz CT molecular complexity index is 2730. The Morgan fingerprint density at radius 3 is 2.28 bits per heavy atom. The molecule has 3 heterocycles. The van der Waals surface area contributed by atoms with Crippen LogP contribution >= 0.6 is 35.3 Å². The van der Waals surface area contributed by atoms with Gasteiger partial charge in [0.25, 0.3) is 5.92 Å². The van der Waals surface area contributed by atoms with Gasteiger partial charge in [-0.05, 0) is 99.7 Å². The van der Waals surface area contributed by atoms with E-state index in [1.165, 1.54) is 54.2 Å². The second-order valence-corrected chi connectivity index (χ2v) is 18.5. The SMILES string of the molecule is CSN(C(=O)N(C)CCCN)c1nn(CC(F)(F)F)c2c(-c3ccc(C#CC(C)(C)SC)nc3C(Cc3cc(F)cc(F)c3)NC(=O)Cn3nc(C(F)(F)F)c4c3C(F)(F)CC4)ccc(Cl)c12. The van der Waals surface area contributed by atoms with Gasteiger partial charge >= 0.3 is 18.4 Å². The number of nitrogens with zero attached hydrogens (tertiary/aromatic N) is 7. The predicted octanol–water partition coefficient (Wildman–Crippen LogP) is 9.92. The van der Waals surface area contributed by atoms with Crippen molar-refractivity contribution < 1.29 is 53.5 Å². The zero-order valence-corrected chi connectivity index (χ0v) is 38.7. The first-order chi connectivity index (χ1) is 31.3. The number of rotatable bonds is 14. The molecule has 24 heteroatoms. The van der Waals surface area contributed by atoms with Crippen LogP contribution in [0, 0.1) is 23.5 Å². The van der Waals surface area contributed by atoms with Gasteiger partial charge in [0.05, 0.1) is 32.4 Å². The fraction of sp³-hybridized carbons (Fsp3) is 0.419. The number of fused-ring (bicyclic) bond motifs is 2. The van der Waals surface area contributed by atoms with E-state index in [4.69, 9.17) is 22.3 Å². The molecule has 6 rings (SSSR count). The van der Waals surface area contributed by atoms with E-state index in [1.54, 1.807) is 6.26 Å². The molecular formula is C43H42ClF10N9O2S2. The molecule has 3 aromatic heterocycles. The molecule has 0 spiro atoms. The lowest BCUT2D eigenvalue weighted by Crippen LogP contribution is -2.38. The molecule has 0 aliphatic heterocycles. The molecule has 1 aliphatic rings. The van der Waals surface area contributed by atoms with Crippen molar-refractivity contribution in [3.8, 4) is 23.0 Å². The van der Waals surface area contributed by atoms with Crippen LogP contribution in [0.25, 0.3) is 22.0 Å². The van der Waals surface area contributed by atoms with Crippen LogP contribution in [0.15, 0.2) is 42.5 Å². The van der Waals surface area contributed by atoms with Gasteiger partial charge in [0, 0.05) is 49.0 Å². The summed E-state index contributed by atoms with van der Waals surface area (Å²) < 4.78 is 146. The van der Waals surface area contributed by atoms with E-state index in [0.717, 1.165) is 28.4 Å². The summed E-state index contributed by atoms with van der Waals surface area (Å²) in [7, 11) is 1.46. The number of carbonyl (C=O) groups is 2. The van der Waals surface area contributed by atoms with E-state index in [2.05, 4.69) is 27.4 Å². The largest absolute Gasteiger partial charge is 0.435 e. The van der Waals surface area contributed by atoms with Gasteiger partial charge in [0.2, 0.25) is 5.91 Å². The number of nitrogens with one attached hydrogen (secondary N) is 1. The van der Waals surface area contributed by atoms with Crippen molar-refractivity contribution in [2.45, 2.75) is 81.7 Å². The van der Waals surface area contributed by atoms with E-state index >= 15 is 8.78 Å². The molecule has 5 aromatic rings. The van der Waals surface area contributed by atoms with Crippen molar-refractivity contribution in [3.05, 3.63) is 93.0 Å². The highest BCUT2D eigenvalue weighted by molar-refractivity contribution is 8.00. The fourth-order valence-electron chi connectivity index (χ4n) is 7.49. The quantitative estimate of drug-likeness (QED) is 0.0640. The summed E-state index contributed by atoms with van der Waals surface area (Å²) in [4.78, 5) is 33.9. The molecule has 1 atom stereocenters. The van der Waals surface area contributed by atoms with Crippen molar-refractivity contribution >= 4 is 64.0 Å². The van der Waals surface area contributed by atoms with Crippen LogP contribution in [-0.2, 0) is 42.8 Å². The lowest BCUT2D eigenvalue weighted by Gasteiger charge is -2.25. The Morgan fingerprint density at radius 1 is 1.00 bits per heavy atom. The molecule has 2 aromatic carbocycles. The maximum atomic E-state index is 15.1. The Balaban J connectivity index is 1.61. The summed E-state index contributed by atoms with van der Waals surface area (Å²) in [5.41, 5.74) is 1.58. The van der Waals surface area contributed by atoms with Gasteiger partial charge in [0.1, 0.15) is 36.1 Å². The Kier molecular flexibility index (Phi) is 15.1. The molecule has 0 saturated heterocycles. The minimum absolute atomic E-state index is 0.0265. The smallest absolute Gasteiger partial charge is 0.346 e. The fourth-order valence-corrected chi connectivity index (χ4v) is 8.47. The molecule has 67 heavy (non-hydrogen) atoms. The molecule has 0 fully saturated rings. The van der Waals surface area contributed by atoms with Gasteiger partial charge in [-0.25, -0.2) is 22.9 Å². The normalized spacial score (nSPS) is 14.2. The zero-order valence-electron chi connectivity index (χ0n) is 36.3. The van der Waals surface area contributed by atoms with Crippen LogP contribution in [0.1, 0.15) is 66.6 Å². The van der Waals surface area contributed by atoms with Crippen molar-refractivity contribution in [3.63, 3.8) is 0 Å². The number of aromatic nitrogens is 5. The number of hydrogen-bond acceptors (Lipinski definition) is 8. The summed E-state index contributed by atoms with van der Waals surface area (Å²) in [6.07, 6.45) is -8.52. The number of nitrogens with two attached hydrogens (primary N) is 1. The number of alkyl halides is 8. The molecular weight excluding hydrogens is 964 g/mol. The van der Waals surface area contributed by atoms with Crippen molar-refractivity contribution in [1.82, 2.24) is 34.8 Å². The summed E-state index contributed by atoms with van der Waals surface area (Å²) in [5.74, 6) is -1.36. The number of amides is 3. The monoisotopic (exact) mass is 1010 g/mol. The summed E-state index contributed by atoms with van der Waals surface area (Å²) in [5, 5.41) is 9.96. The number of carbonyl (C=O) groups excluding carboxylic acids is 2. The van der Waals surface area contributed by atoms with Crippen molar-refractivity contribution in [2.75, 3.05) is 37.0 Å². The van der Waals surface area contributed by atoms with Crippen LogP contribution < -0.4 is 15.4 Å². The number of hydrogen-bond donors (Lipinski definition) is 2. The highest BCUT2D eigenvalue weighted by Crippen LogP contribution is 2.47. The summed E-state index contributed by atoms with van der Waals surface area (Å²) >= 11 is 8.99. The summed E-state index contributed by atoms with van der Waals surface area (Å²) in [6.45, 7) is 1.15. The summed E-state index contributed by atoms with van der Waals surface area (Å²) in [6, 6.07) is 5.68. The van der Waals surface area contributed by atoms with E-state index in [-0.39, 0.29) is 67.6 Å². The van der Waals surface area contributed by atoms with Gasteiger partial charge in [0.15, 0.2) is 11.5 Å². The highest BCUT2D eigenvalue weighted by atomic mass is 35.5. The van der Waals surface area contributed by atoms with Crippen LogP contribution in [0.2, 0.25) is 5.02 Å². The Labute approximate surface area is 391 Å². The van der Waals surface area contributed by atoms with Crippen molar-refractivity contribution in [1.29, 1.82) is 0 Å². The van der Waals surface area contributed by atoms with E-state index in [0.29, 0.717) is 17.2 Å². The maximum Gasteiger partial charge on any atom is 0.435 e. The van der Waals surface area contributed by atoms with Gasteiger partial charge in [-0.2, -0.15) is 45.3 Å². The third kappa shape index (κ3) is 11.6. The molecule has 3 amide bonds.